The quantitative estimate of drug-likeness (QED) is 0.766. The second-order valence-electron chi connectivity index (χ2n) is 7.02. The van der Waals surface area contributed by atoms with E-state index in [0.29, 0.717) is 0 Å². The Bertz CT molecular complexity index is 357. The van der Waals surface area contributed by atoms with Crippen molar-refractivity contribution >= 4 is 0 Å². The molecule has 0 aliphatic carbocycles. The molecule has 0 aromatic heterocycles. The van der Waals surface area contributed by atoms with E-state index in [9.17, 15) is 5.11 Å². The smallest absolute Gasteiger partial charge is 0.0762 e. The molecule has 0 bridgehead atoms. The molecule has 0 radical (unpaired) electrons. The van der Waals surface area contributed by atoms with Crippen LogP contribution in [0.4, 0.5) is 0 Å². The Morgan fingerprint density at radius 1 is 0.824 bits per heavy atom. The fourth-order valence-electron chi connectivity index (χ4n) is 1.76. The van der Waals surface area contributed by atoms with Crippen molar-refractivity contribution in [3.05, 3.63) is 34.9 Å². The molecule has 1 heteroatoms. The first-order valence-electron chi connectivity index (χ1n) is 6.36. The van der Waals surface area contributed by atoms with E-state index in [-0.39, 0.29) is 10.8 Å². The predicted octanol–water partition coefficient (Wildman–Crippen LogP) is 4.33. The van der Waals surface area contributed by atoms with Crippen LogP contribution in [0, 0.1) is 0 Å². The average molecular weight is 234 g/mol. The number of hydrogen-bond donors (Lipinski definition) is 1. The van der Waals surface area contributed by atoms with Gasteiger partial charge in [-0.3, -0.25) is 0 Å². The summed E-state index contributed by atoms with van der Waals surface area (Å²) < 4.78 is 0. The van der Waals surface area contributed by atoms with Gasteiger partial charge in [0.25, 0.3) is 0 Å². The highest BCUT2D eigenvalue weighted by atomic mass is 16.3. The van der Waals surface area contributed by atoms with Gasteiger partial charge in [-0.25, -0.2) is 0 Å². The molecule has 96 valence electrons. The third-order valence-corrected chi connectivity index (χ3v) is 3.17. The lowest BCUT2D eigenvalue weighted by Gasteiger charge is -2.26. The largest absolute Gasteiger partial charge is 0.389 e. The number of aliphatic hydroxyl groups excluding tert-OH is 1. The normalized spacial score (nSPS) is 14.8. The zero-order valence-corrected chi connectivity index (χ0v) is 12.3. The van der Waals surface area contributed by atoms with Gasteiger partial charge in [0, 0.05) is 0 Å². The zero-order valence-electron chi connectivity index (χ0n) is 12.3. The Labute approximate surface area is 106 Å². The molecule has 1 aromatic rings. The van der Waals surface area contributed by atoms with Crippen molar-refractivity contribution in [2.45, 2.75) is 65.4 Å². The van der Waals surface area contributed by atoms with Gasteiger partial charge >= 0.3 is 0 Å². The monoisotopic (exact) mass is 234 g/mol. The number of benzene rings is 1. The second-order valence-corrected chi connectivity index (χ2v) is 7.02. The zero-order chi connectivity index (χ0) is 13.4. The van der Waals surface area contributed by atoms with Crippen molar-refractivity contribution in [3.63, 3.8) is 0 Å². The minimum atomic E-state index is -0.404. The van der Waals surface area contributed by atoms with E-state index in [2.05, 4.69) is 59.7 Å². The van der Waals surface area contributed by atoms with Gasteiger partial charge in [0.15, 0.2) is 0 Å². The molecule has 1 aromatic carbocycles. The molecule has 0 amide bonds. The van der Waals surface area contributed by atoms with Gasteiger partial charge in [0.2, 0.25) is 0 Å². The first-order valence-corrected chi connectivity index (χ1v) is 6.36. The third-order valence-electron chi connectivity index (χ3n) is 3.17. The molecule has 0 aliphatic heterocycles. The van der Waals surface area contributed by atoms with Crippen LogP contribution in [0.15, 0.2) is 18.2 Å². The van der Waals surface area contributed by atoms with Crippen LogP contribution in [0.5, 0.6) is 0 Å². The van der Waals surface area contributed by atoms with Gasteiger partial charge < -0.3 is 5.11 Å². The molecule has 1 nitrogen and oxygen atoms in total. The standard InChI is InChI=1S/C16H26O/c1-11(17)12-8-13(15(2,3)4)10-14(9-12)16(5,6)7/h8-11,17H,1-7H3. The van der Waals surface area contributed by atoms with Crippen molar-refractivity contribution in [2.24, 2.45) is 0 Å². The van der Waals surface area contributed by atoms with Crippen LogP contribution >= 0.6 is 0 Å². The molecule has 0 saturated carbocycles. The summed E-state index contributed by atoms with van der Waals surface area (Å²) in [5.74, 6) is 0. The topological polar surface area (TPSA) is 20.2 Å². The molecule has 17 heavy (non-hydrogen) atoms. The maximum atomic E-state index is 9.80. The van der Waals surface area contributed by atoms with Crippen molar-refractivity contribution in [3.8, 4) is 0 Å². The lowest BCUT2D eigenvalue weighted by molar-refractivity contribution is 0.199. The highest BCUT2D eigenvalue weighted by molar-refractivity contribution is 5.38. The van der Waals surface area contributed by atoms with Crippen LogP contribution in [0.25, 0.3) is 0 Å². The van der Waals surface area contributed by atoms with Crippen molar-refractivity contribution < 1.29 is 5.11 Å². The van der Waals surface area contributed by atoms with Gasteiger partial charge in [0.1, 0.15) is 0 Å². The van der Waals surface area contributed by atoms with Gasteiger partial charge in [-0.05, 0) is 34.4 Å². The maximum absolute atomic E-state index is 9.80. The molecular formula is C16H26O. The summed E-state index contributed by atoms with van der Waals surface area (Å²) in [7, 11) is 0. The van der Waals surface area contributed by atoms with E-state index in [1.807, 2.05) is 6.92 Å². The van der Waals surface area contributed by atoms with Crippen LogP contribution in [0.3, 0.4) is 0 Å². The van der Waals surface area contributed by atoms with E-state index < -0.39 is 6.10 Å². The Morgan fingerprint density at radius 3 is 1.41 bits per heavy atom. The SMILES string of the molecule is CC(O)c1cc(C(C)(C)C)cc(C(C)(C)C)c1. The van der Waals surface area contributed by atoms with E-state index in [1.54, 1.807) is 0 Å². The number of aliphatic hydroxyl groups is 1. The van der Waals surface area contributed by atoms with E-state index in [0.717, 1.165) is 5.56 Å². The fraction of sp³-hybridized carbons (Fsp3) is 0.625. The maximum Gasteiger partial charge on any atom is 0.0762 e. The van der Waals surface area contributed by atoms with Crippen LogP contribution < -0.4 is 0 Å². The molecule has 1 N–H and O–H groups in total. The summed E-state index contributed by atoms with van der Waals surface area (Å²) in [6, 6.07) is 6.52. The number of rotatable bonds is 1. The van der Waals surface area contributed by atoms with Crippen LogP contribution in [-0.2, 0) is 10.8 Å². The van der Waals surface area contributed by atoms with E-state index in [4.69, 9.17) is 0 Å². The Hall–Kier alpha value is -0.820. The summed E-state index contributed by atoms with van der Waals surface area (Å²) in [6.07, 6.45) is -0.404. The van der Waals surface area contributed by atoms with Crippen LogP contribution in [0.1, 0.15) is 71.3 Å². The van der Waals surface area contributed by atoms with E-state index in [1.165, 1.54) is 11.1 Å². The molecule has 1 unspecified atom stereocenters. The highest BCUT2D eigenvalue weighted by Gasteiger charge is 2.21. The molecule has 0 saturated heterocycles. The summed E-state index contributed by atoms with van der Waals surface area (Å²) in [4.78, 5) is 0. The summed E-state index contributed by atoms with van der Waals surface area (Å²) in [5, 5.41) is 9.80. The summed E-state index contributed by atoms with van der Waals surface area (Å²) in [5.41, 5.74) is 3.83. The molecule has 0 fully saturated rings. The van der Waals surface area contributed by atoms with E-state index >= 15 is 0 Å². The minimum Gasteiger partial charge on any atom is -0.389 e. The van der Waals surface area contributed by atoms with Crippen LogP contribution in [0.2, 0.25) is 0 Å². The Kier molecular flexibility index (Phi) is 3.73. The molecule has 1 atom stereocenters. The van der Waals surface area contributed by atoms with Crippen molar-refractivity contribution in [1.29, 1.82) is 0 Å². The average Bonchev–Trinajstić information content (AvgIpc) is 2.14. The third kappa shape index (κ3) is 3.57. The summed E-state index contributed by atoms with van der Waals surface area (Å²) in [6.45, 7) is 15.1. The first kappa shape index (κ1) is 14.2. The van der Waals surface area contributed by atoms with Gasteiger partial charge in [-0.2, -0.15) is 0 Å². The predicted molar refractivity (Wildman–Crippen MR) is 74.5 cm³/mol. The van der Waals surface area contributed by atoms with Gasteiger partial charge in [0.05, 0.1) is 6.10 Å². The molecular weight excluding hydrogens is 208 g/mol. The lowest BCUT2D eigenvalue weighted by atomic mass is 9.79. The highest BCUT2D eigenvalue weighted by Crippen LogP contribution is 2.31. The number of hydrogen-bond acceptors (Lipinski definition) is 1. The fourth-order valence-corrected chi connectivity index (χ4v) is 1.76. The minimum absolute atomic E-state index is 0.116. The molecule has 0 heterocycles. The van der Waals surface area contributed by atoms with Gasteiger partial charge in [-0.15, -0.1) is 0 Å². The molecule has 0 aliphatic rings. The Morgan fingerprint density at radius 2 is 1.18 bits per heavy atom. The Balaban J connectivity index is 3.40. The van der Waals surface area contributed by atoms with Crippen molar-refractivity contribution in [1.82, 2.24) is 0 Å². The van der Waals surface area contributed by atoms with Crippen molar-refractivity contribution in [2.75, 3.05) is 0 Å². The van der Waals surface area contributed by atoms with Crippen LogP contribution in [-0.4, -0.2) is 5.11 Å². The second kappa shape index (κ2) is 4.45. The lowest BCUT2D eigenvalue weighted by Crippen LogP contribution is -2.17. The van der Waals surface area contributed by atoms with Gasteiger partial charge in [-0.1, -0.05) is 59.7 Å². The summed E-state index contributed by atoms with van der Waals surface area (Å²) >= 11 is 0. The first-order chi connectivity index (χ1) is 7.51. The molecule has 1 rings (SSSR count). The molecule has 0 spiro atoms.